The van der Waals surface area contributed by atoms with Gasteiger partial charge in [0.15, 0.2) is 0 Å². The zero-order chi connectivity index (χ0) is 12.9. The Labute approximate surface area is 103 Å². The summed E-state index contributed by atoms with van der Waals surface area (Å²) in [5, 5.41) is 8.67. The average molecular weight is 263 g/mol. The summed E-state index contributed by atoms with van der Waals surface area (Å²) in [6.07, 6.45) is 3.73. The van der Waals surface area contributed by atoms with Crippen molar-refractivity contribution in [1.29, 1.82) is 0 Å². The number of nitrogens with zero attached hydrogens (tertiary/aromatic N) is 1. The van der Waals surface area contributed by atoms with Crippen LogP contribution in [0.25, 0.3) is 0 Å². The van der Waals surface area contributed by atoms with E-state index in [2.05, 4.69) is 0 Å². The van der Waals surface area contributed by atoms with Crippen LogP contribution in [0.15, 0.2) is 0 Å². The van der Waals surface area contributed by atoms with E-state index in [0.29, 0.717) is 19.4 Å². The van der Waals surface area contributed by atoms with Gasteiger partial charge < -0.3 is 5.11 Å². The maximum Gasteiger partial charge on any atom is 0.303 e. The molecule has 0 aromatic carbocycles. The van der Waals surface area contributed by atoms with E-state index < -0.39 is 16.0 Å². The second-order valence-corrected chi connectivity index (χ2v) is 6.55. The number of carbonyl (C=O) groups is 1. The zero-order valence-electron chi connectivity index (χ0n) is 10.3. The van der Waals surface area contributed by atoms with Crippen LogP contribution in [0.4, 0.5) is 0 Å². The lowest BCUT2D eigenvalue weighted by Crippen LogP contribution is -2.44. The molecule has 0 aromatic rings. The monoisotopic (exact) mass is 263 g/mol. The predicted molar refractivity (Wildman–Crippen MR) is 65.3 cm³/mol. The predicted octanol–water partition coefficient (Wildman–Crippen LogP) is 1.45. The number of carboxylic acid groups (broad SMARTS) is 1. The summed E-state index contributed by atoms with van der Waals surface area (Å²) >= 11 is 0. The Balaban J connectivity index is 2.68. The van der Waals surface area contributed by atoms with Crippen molar-refractivity contribution >= 4 is 16.0 Å². The molecule has 1 N–H and O–H groups in total. The van der Waals surface area contributed by atoms with Crippen molar-refractivity contribution in [2.45, 2.75) is 51.5 Å². The maximum atomic E-state index is 12.0. The minimum absolute atomic E-state index is 0.0445. The third-order valence-electron chi connectivity index (χ3n) is 3.08. The van der Waals surface area contributed by atoms with E-state index in [4.69, 9.17) is 5.11 Å². The van der Waals surface area contributed by atoms with Gasteiger partial charge in [-0.25, -0.2) is 8.42 Å². The Morgan fingerprint density at radius 3 is 2.71 bits per heavy atom. The molecule has 0 aromatic heterocycles. The molecule has 1 unspecified atom stereocenters. The molecule has 0 spiro atoms. The minimum Gasteiger partial charge on any atom is -0.481 e. The first-order chi connectivity index (χ1) is 7.97. The van der Waals surface area contributed by atoms with E-state index in [1.54, 1.807) is 0 Å². The third-order valence-corrected chi connectivity index (χ3v) is 5.20. The zero-order valence-corrected chi connectivity index (χ0v) is 11.1. The number of piperidine rings is 1. The molecule has 0 saturated carbocycles. The standard InChI is InChI=1S/C11H21NO4S/c1-2-9-17(15,16)12-8-4-3-5-10(12)6-7-11(13)14/h10H,2-9H2,1H3,(H,13,14). The first kappa shape index (κ1) is 14.4. The van der Waals surface area contributed by atoms with E-state index in [9.17, 15) is 13.2 Å². The van der Waals surface area contributed by atoms with Gasteiger partial charge in [0.25, 0.3) is 0 Å². The fourth-order valence-electron chi connectivity index (χ4n) is 2.29. The minimum atomic E-state index is -3.19. The number of hydrogen-bond donors (Lipinski definition) is 1. The van der Waals surface area contributed by atoms with Gasteiger partial charge in [-0.15, -0.1) is 0 Å². The fourth-order valence-corrected chi connectivity index (χ4v) is 4.12. The summed E-state index contributed by atoms with van der Waals surface area (Å²) in [5.74, 6) is -0.695. The molecule has 1 rings (SSSR count). The van der Waals surface area contributed by atoms with Crippen molar-refractivity contribution in [3.63, 3.8) is 0 Å². The molecule has 0 aliphatic carbocycles. The Kier molecular flexibility index (Phi) is 5.39. The highest BCUT2D eigenvalue weighted by Crippen LogP contribution is 2.24. The number of sulfonamides is 1. The van der Waals surface area contributed by atoms with Crippen molar-refractivity contribution in [1.82, 2.24) is 4.31 Å². The first-order valence-corrected chi connectivity index (χ1v) is 7.79. The summed E-state index contributed by atoms with van der Waals surface area (Å²) in [5.41, 5.74) is 0. The van der Waals surface area contributed by atoms with E-state index in [0.717, 1.165) is 19.3 Å². The molecule has 1 heterocycles. The van der Waals surface area contributed by atoms with Crippen molar-refractivity contribution in [2.75, 3.05) is 12.3 Å². The lowest BCUT2D eigenvalue weighted by atomic mass is 10.0. The lowest BCUT2D eigenvalue weighted by Gasteiger charge is -2.34. The van der Waals surface area contributed by atoms with Crippen LogP contribution < -0.4 is 0 Å². The SMILES string of the molecule is CCCS(=O)(=O)N1CCCCC1CCC(=O)O. The highest BCUT2D eigenvalue weighted by atomic mass is 32.2. The van der Waals surface area contributed by atoms with Crippen LogP contribution in [-0.2, 0) is 14.8 Å². The molecule has 1 atom stereocenters. The quantitative estimate of drug-likeness (QED) is 0.787. The van der Waals surface area contributed by atoms with Gasteiger partial charge in [0.2, 0.25) is 10.0 Å². The van der Waals surface area contributed by atoms with Crippen molar-refractivity contribution in [2.24, 2.45) is 0 Å². The number of carboxylic acids is 1. The molecule has 17 heavy (non-hydrogen) atoms. The highest BCUT2D eigenvalue weighted by molar-refractivity contribution is 7.89. The second-order valence-electron chi connectivity index (χ2n) is 4.51. The summed E-state index contributed by atoms with van der Waals surface area (Å²) in [4.78, 5) is 10.6. The van der Waals surface area contributed by atoms with Crippen LogP contribution in [0.5, 0.6) is 0 Å². The van der Waals surface area contributed by atoms with Gasteiger partial charge in [-0.1, -0.05) is 13.3 Å². The normalized spacial score (nSPS) is 22.5. The van der Waals surface area contributed by atoms with Crippen molar-refractivity contribution in [3.05, 3.63) is 0 Å². The van der Waals surface area contributed by atoms with Gasteiger partial charge in [0.1, 0.15) is 0 Å². The molecule has 100 valence electrons. The molecule has 0 radical (unpaired) electrons. The van der Waals surface area contributed by atoms with Crippen LogP contribution >= 0.6 is 0 Å². The number of hydrogen-bond acceptors (Lipinski definition) is 3. The Bertz CT molecular complexity index is 352. The Morgan fingerprint density at radius 2 is 2.12 bits per heavy atom. The topological polar surface area (TPSA) is 74.7 Å². The van der Waals surface area contributed by atoms with Crippen LogP contribution in [-0.4, -0.2) is 42.1 Å². The van der Waals surface area contributed by atoms with Crippen LogP contribution in [0.3, 0.4) is 0 Å². The molecule has 1 saturated heterocycles. The van der Waals surface area contributed by atoms with E-state index in [1.807, 2.05) is 6.92 Å². The lowest BCUT2D eigenvalue weighted by molar-refractivity contribution is -0.137. The largest absolute Gasteiger partial charge is 0.481 e. The Morgan fingerprint density at radius 1 is 1.41 bits per heavy atom. The Hall–Kier alpha value is -0.620. The molecule has 1 fully saturated rings. The molecule has 1 aliphatic heterocycles. The van der Waals surface area contributed by atoms with Gasteiger partial charge >= 0.3 is 5.97 Å². The van der Waals surface area contributed by atoms with Gasteiger partial charge in [-0.3, -0.25) is 4.79 Å². The maximum absolute atomic E-state index is 12.0. The summed E-state index contributed by atoms with van der Waals surface area (Å²) in [7, 11) is -3.19. The summed E-state index contributed by atoms with van der Waals surface area (Å²) < 4.78 is 25.6. The molecular weight excluding hydrogens is 242 g/mol. The highest BCUT2D eigenvalue weighted by Gasteiger charge is 2.31. The number of rotatable bonds is 6. The molecule has 0 amide bonds. The first-order valence-electron chi connectivity index (χ1n) is 6.18. The van der Waals surface area contributed by atoms with Gasteiger partial charge in [0.05, 0.1) is 5.75 Å². The van der Waals surface area contributed by atoms with Crippen molar-refractivity contribution in [3.8, 4) is 0 Å². The van der Waals surface area contributed by atoms with Crippen LogP contribution in [0.2, 0.25) is 0 Å². The van der Waals surface area contributed by atoms with Crippen molar-refractivity contribution < 1.29 is 18.3 Å². The summed E-state index contributed by atoms with van der Waals surface area (Å²) in [6, 6.07) is -0.114. The van der Waals surface area contributed by atoms with Crippen LogP contribution in [0.1, 0.15) is 45.4 Å². The summed E-state index contributed by atoms with van der Waals surface area (Å²) in [6.45, 7) is 2.39. The van der Waals surface area contributed by atoms with Crippen LogP contribution in [0, 0.1) is 0 Å². The molecule has 5 nitrogen and oxygen atoms in total. The molecule has 0 bridgehead atoms. The van der Waals surface area contributed by atoms with Gasteiger partial charge in [-0.05, 0) is 25.7 Å². The fraction of sp³-hybridized carbons (Fsp3) is 0.909. The van der Waals surface area contributed by atoms with Gasteiger partial charge in [0, 0.05) is 19.0 Å². The molecule has 1 aliphatic rings. The third kappa shape index (κ3) is 4.27. The van der Waals surface area contributed by atoms with E-state index in [1.165, 1.54) is 4.31 Å². The molecular formula is C11H21NO4S. The van der Waals surface area contributed by atoms with Gasteiger partial charge in [-0.2, -0.15) is 4.31 Å². The second kappa shape index (κ2) is 6.35. The van der Waals surface area contributed by atoms with E-state index >= 15 is 0 Å². The smallest absolute Gasteiger partial charge is 0.303 e. The van der Waals surface area contributed by atoms with E-state index in [-0.39, 0.29) is 18.2 Å². The average Bonchev–Trinajstić information content (AvgIpc) is 2.26. The molecule has 6 heteroatoms. The number of aliphatic carboxylic acids is 1.